The highest BCUT2D eigenvalue weighted by Gasteiger charge is 2.13. The van der Waals surface area contributed by atoms with Gasteiger partial charge in [0.1, 0.15) is 6.73 Å². The van der Waals surface area contributed by atoms with Crippen molar-refractivity contribution in [2.24, 2.45) is 0 Å². The molecule has 0 aliphatic carbocycles. The van der Waals surface area contributed by atoms with Gasteiger partial charge in [-0.15, -0.1) is 0 Å². The highest BCUT2D eigenvalue weighted by molar-refractivity contribution is 5.96. The van der Waals surface area contributed by atoms with Crippen molar-refractivity contribution in [1.29, 1.82) is 0 Å². The fourth-order valence-electron chi connectivity index (χ4n) is 2.24. The smallest absolute Gasteiger partial charge is 0.339 e. The van der Waals surface area contributed by atoms with Crippen molar-refractivity contribution in [1.82, 2.24) is 0 Å². The van der Waals surface area contributed by atoms with E-state index in [1.807, 2.05) is 42.5 Å². The number of methoxy groups -OCH3 is 1. The maximum Gasteiger partial charge on any atom is 0.339 e. The highest BCUT2D eigenvalue weighted by atomic mass is 16.5. The van der Waals surface area contributed by atoms with Crippen LogP contribution >= 0.6 is 0 Å². The van der Waals surface area contributed by atoms with Gasteiger partial charge < -0.3 is 14.8 Å². The van der Waals surface area contributed by atoms with E-state index in [0.29, 0.717) is 18.9 Å². The van der Waals surface area contributed by atoms with Crippen LogP contribution in [0.2, 0.25) is 0 Å². The fraction of sp³-hybridized carbons (Fsp3) is 0.316. The summed E-state index contributed by atoms with van der Waals surface area (Å²) in [5.41, 5.74) is 3.36. The minimum Gasteiger partial charge on any atom is -0.465 e. The second-order valence-electron chi connectivity index (χ2n) is 5.20. The molecule has 4 nitrogen and oxygen atoms in total. The van der Waals surface area contributed by atoms with Crippen molar-refractivity contribution in [3.8, 4) is 11.1 Å². The van der Waals surface area contributed by atoms with E-state index in [9.17, 15) is 4.79 Å². The maximum absolute atomic E-state index is 11.9. The number of carbonyl (C=O) groups is 1. The number of esters is 1. The number of benzene rings is 2. The summed E-state index contributed by atoms with van der Waals surface area (Å²) in [5.74, 6) is -0.360. The van der Waals surface area contributed by atoms with Crippen molar-refractivity contribution < 1.29 is 14.3 Å². The number of carbonyl (C=O) groups excluding carboxylic acids is 1. The summed E-state index contributed by atoms with van der Waals surface area (Å²) in [7, 11) is 1.38. The molecule has 23 heavy (non-hydrogen) atoms. The first-order valence-corrected chi connectivity index (χ1v) is 7.85. The van der Waals surface area contributed by atoms with Crippen LogP contribution in [-0.4, -0.2) is 26.4 Å². The maximum atomic E-state index is 11.9. The molecule has 0 heterocycles. The van der Waals surface area contributed by atoms with Crippen LogP contribution in [0, 0.1) is 0 Å². The third kappa shape index (κ3) is 4.83. The molecule has 0 aliphatic rings. The Kier molecular flexibility index (Phi) is 6.63. The lowest BCUT2D eigenvalue weighted by atomic mass is 10.0. The van der Waals surface area contributed by atoms with Gasteiger partial charge in [-0.3, -0.25) is 0 Å². The monoisotopic (exact) mass is 313 g/mol. The summed E-state index contributed by atoms with van der Waals surface area (Å²) in [6.45, 7) is 3.19. The Morgan fingerprint density at radius 1 is 1.09 bits per heavy atom. The molecule has 0 aromatic heterocycles. The van der Waals surface area contributed by atoms with Crippen molar-refractivity contribution in [3.63, 3.8) is 0 Å². The van der Waals surface area contributed by atoms with Crippen LogP contribution < -0.4 is 5.32 Å². The molecule has 0 saturated heterocycles. The molecule has 4 heteroatoms. The second-order valence-corrected chi connectivity index (χ2v) is 5.20. The van der Waals surface area contributed by atoms with Gasteiger partial charge in [0, 0.05) is 6.61 Å². The van der Waals surface area contributed by atoms with Crippen molar-refractivity contribution in [2.45, 2.75) is 19.8 Å². The van der Waals surface area contributed by atoms with Crippen LogP contribution in [-0.2, 0) is 9.47 Å². The standard InChI is InChI=1S/C19H23NO3/c1-3-4-12-23-14-20-18-13-16(15-8-6-5-7-9-15)10-11-17(18)19(21)22-2/h5-11,13,20H,3-4,12,14H2,1-2H3. The Hall–Kier alpha value is -2.33. The molecule has 1 N–H and O–H groups in total. The van der Waals surface area contributed by atoms with E-state index in [-0.39, 0.29) is 5.97 Å². The normalized spacial score (nSPS) is 10.3. The second kappa shape index (κ2) is 8.96. The molecule has 0 bridgehead atoms. The topological polar surface area (TPSA) is 47.6 Å². The predicted octanol–water partition coefficient (Wildman–Crippen LogP) is 4.33. The molecule has 0 spiro atoms. The minimum atomic E-state index is -0.360. The van der Waals surface area contributed by atoms with Crippen LogP contribution in [0.15, 0.2) is 48.5 Å². The van der Waals surface area contributed by atoms with Crippen LogP contribution in [0.4, 0.5) is 5.69 Å². The Balaban J connectivity index is 2.18. The number of hydrogen-bond acceptors (Lipinski definition) is 4. The van der Waals surface area contributed by atoms with Gasteiger partial charge in [0.2, 0.25) is 0 Å². The molecule has 0 unspecified atom stereocenters. The van der Waals surface area contributed by atoms with Gasteiger partial charge in [0.05, 0.1) is 18.4 Å². The molecular weight excluding hydrogens is 290 g/mol. The van der Waals surface area contributed by atoms with Crippen molar-refractivity contribution in [3.05, 3.63) is 54.1 Å². The van der Waals surface area contributed by atoms with E-state index in [1.165, 1.54) is 7.11 Å². The Bertz CT molecular complexity index is 626. The number of rotatable bonds is 8. The summed E-state index contributed by atoms with van der Waals surface area (Å²) in [4.78, 5) is 11.9. The molecular formula is C19H23NO3. The summed E-state index contributed by atoms with van der Waals surface area (Å²) in [6.07, 6.45) is 2.12. The molecule has 0 atom stereocenters. The zero-order valence-electron chi connectivity index (χ0n) is 13.7. The van der Waals surface area contributed by atoms with Crippen LogP contribution in [0.3, 0.4) is 0 Å². The van der Waals surface area contributed by atoms with Gasteiger partial charge >= 0.3 is 5.97 Å². The Morgan fingerprint density at radius 3 is 2.57 bits per heavy atom. The summed E-state index contributed by atoms with van der Waals surface area (Å²) in [6, 6.07) is 15.7. The molecule has 2 aromatic rings. The van der Waals surface area contributed by atoms with Gasteiger partial charge in [-0.25, -0.2) is 4.79 Å². The van der Waals surface area contributed by atoms with Crippen LogP contribution in [0.25, 0.3) is 11.1 Å². The first-order valence-electron chi connectivity index (χ1n) is 7.85. The van der Waals surface area contributed by atoms with E-state index in [1.54, 1.807) is 6.07 Å². The summed E-state index contributed by atoms with van der Waals surface area (Å²) < 4.78 is 10.4. The number of anilines is 1. The lowest BCUT2D eigenvalue weighted by Gasteiger charge is -2.13. The number of ether oxygens (including phenoxy) is 2. The molecule has 0 fully saturated rings. The average Bonchev–Trinajstić information content (AvgIpc) is 2.61. The van der Waals surface area contributed by atoms with E-state index in [2.05, 4.69) is 12.2 Å². The lowest BCUT2D eigenvalue weighted by molar-refractivity contribution is 0.0601. The third-order valence-electron chi connectivity index (χ3n) is 3.54. The van der Waals surface area contributed by atoms with Gasteiger partial charge in [-0.1, -0.05) is 49.7 Å². The van der Waals surface area contributed by atoms with Crippen LogP contribution in [0.5, 0.6) is 0 Å². The fourth-order valence-corrected chi connectivity index (χ4v) is 2.24. The average molecular weight is 313 g/mol. The van der Waals surface area contributed by atoms with E-state index in [4.69, 9.17) is 9.47 Å². The van der Waals surface area contributed by atoms with Crippen molar-refractivity contribution in [2.75, 3.05) is 25.8 Å². The lowest BCUT2D eigenvalue weighted by Crippen LogP contribution is -2.12. The zero-order valence-corrected chi connectivity index (χ0v) is 13.7. The zero-order chi connectivity index (χ0) is 16.5. The first-order chi connectivity index (χ1) is 11.3. The SMILES string of the molecule is CCCCOCNc1cc(-c2ccccc2)ccc1C(=O)OC. The third-order valence-corrected chi connectivity index (χ3v) is 3.54. The summed E-state index contributed by atoms with van der Waals surface area (Å²) in [5, 5.41) is 3.17. The molecule has 0 radical (unpaired) electrons. The predicted molar refractivity (Wildman–Crippen MR) is 92.6 cm³/mol. The highest BCUT2D eigenvalue weighted by Crippen LogP contribution is 2.26. The van der Waals surface area contributed by atoms with E-state index < -0.39 is 0 Å². The molecule has 0 aliphatic heterocycles. The van der Waals surface area contributed by atoms with Gasteiger partial charge in [0.15, 0.2) is 0 Å². The van der Waals surface area contributed by atoms with Crippen LogP contribution in [0.1, 0.15) is 30.1 Å². The molecule has 122 valence electrons. The molecule has 0 saturated carbocycles. The van der Waals surface area contributed by atoms with Gasteiger partial charge in [-0.2, -0.15) is 0 Å². The Labute approximate surface area is 137 Å². The van der Waals surface area contributed by atoms with E-state index in [0.717, 1.165) is 29.7 Å². The minimum absolute atomic E-state index is 0.360. The van der Waals surface area contributed by atoms with Gasteiger partial charge in [0.25, 0.3) is 0 Å². The largest absolute Gasteiger partial charge is 0.465 e. The molecule has 2 rings (SSSR count). The number of unbranched alkanes of at least 4 members (excludes halogenated alkanes) is 1. The summed E-state index contributed by atoms with van der Waals surface area (Å²) >= 11 is 0. The van der Waals surface area contributed by atoms with Crippen molar-refractivity contribution >= 4 is 11.7 Å². The Morgan fingerprint density at radius 2 is 1.87 bits per heavy atom. The first kappa shape index (κ1) is 17.0. The number of hydrogen-bond donors (Lipinski definition) is 1. The molecule has 0 amide bonds. The van der Waals surface area contributed by atoms with Gasteiger partial charge in [-0.05, 0) is 29.7 Å². The van der Waals surface area contributed by atoms with E-state index >= 15 is 0 Å². The number of nitrogens with one attached hydrogen (secondary N) is 1. The molecule has 2 aromatic carbocycles. The quantitative estimate of drug-likeness (QED) is 0.448.